The van der Waals surface area contributed by atoms with Crippen molar-refractivity contribution in [3.8, 4) is 0 Å². The van der Waals surface area contributed by atoms with E-state index in [1.54, 1.807) is 0 Å². The number of hydrogen-bond donors (Lipinski definition) is 2. The van der Waals surface area contributed by atoms with Gasteiger partial charge in [-0.3, -0.25) is 4.79 Å². The molecular formula is C15H11F10NO4. The second-order valence-corrected chi connectivity index (χ2v) is 5.61. The van der Waals surface area contributed by atoms with E-state index in [-0.39, 0.29) is 0 Å². The van der Waals surface area contributed by atoms with E-state index in [0.29, 0.717) is 24.3 Å². The summed E-state index contributed by atoms with van der Waals surface area (Å²) in [6.45, 7) is 0.568. The van der Waals surface area contributed by atoms with Gasteiger partial charge in [0, 0.05) is 11.3 Å². The molecule has 1 aromatic rings. The molecule has 2 N–H and O–H groups in total. The minimum atomic E-state index is -6.78. The van der Waals surface area contributed by atoms with Gasteiger partial charge in [0.2, 0.25) is 0 Å². The molecule has 15 heteroatoms. The quantitative estimate of drug-likeness (QED) is 0.502. The summed E-state index contributed by atoms with van der Waals surface area (Å²) < 4.78 is 132. The van der Waals surface area contributed by atoms with Crippen molar-refractivity contribution in [2.75, 3.05) is 11.9 Å². The van der Waals surface area contributed by atoms with Crippen LogP contribution in [0.4, 0.5) is 49.6 Å². The lowest BCUT2D eigenvalue weighted by Crippen LogP contribution is -2.57. The van der Waals surface area contributed by atoms with Crippen LogP contribution in [0.25, 0.3) is 0 Å². The molecule has 1 amide bonds. The van der Waals surface area contributed by atoms with Gasteiger partial charge in [0.1, 0.15) is 0 Å². The standard InChI is InChI=1S/C15H11F10NO4/c1-2-30-10(28)11(29,14(20,21)22)7-3-5-8(6-4-7)26-9(27)12(16,17)13(18,19)15(23,24)25/h3-6,29H,2H2,1H3,(H,26,27)/t11-/m0/s1. The van der Waals surface area contributed by atoms with Crippen LogP contribution in [0.1, 0.15) is 12.5 Å². The van der Waals surface area contributed by atoms with Crippen molar-refractivity contribution in [2.45, 2.75) is 36.7 Å². The fourth-order valence-electron chi connectivity index (χ4n) is 1.96. The molecule has 170 valence electrons. The molecule has 1 aromatic carbocycles. The highest BCUT2D eigenvalue weighted by Gasteiger charge is 2.76. The fraction of sp³-hybridized carbons (Fsp3) is 0.467. The normalized spacial score (nSPS) is 15.3. The van der Waals surface area contributed by atoms with Crippen LogP contribution in [-0.4, -0.2) is 47.8 Å². The second-order valence-electron chi connectivity index (χ2n) is 5.61. The fourth-order valence-corrected chi connectivity index (χ4v) is 1.96. The van der Waals surface area contributed by atoms with Crippen molar-refractivity contribution >= 4 is 17.6 Å². The smallest absolute Gasteiger partial charge is 0.460 e. The molecule has 0 heterocycles. The minimum Gasteiger partial charge on any atom is -0.463 e. The highest BCUT2D eigenvalue weighted by Crippen LogP contribution is 2.47. The van der Waals surface area contributed by atoms with Crippen molar-refractivity contribution in [2.24, 2.45) is 0 Å². The summed E-state index contributed by atoms with van der Waals surface area (Å²) in [7, 11) is 0. The second kappa shape index (κ2) is 7.92. The number of alkyl halides is 10. The van der Waals surface area contributed by atoms with Gasteiger partial charge in [0.15, 0.2) is 0 Å². The summed E-state index contributed by atoms with van der Waals surface area (Å²) in [5.74, 6) is -18.3. The number of carbonyl (C=O) groups excluding carboxylic acids is 2. The number of rotatable bonds is 6. The van der Waals surface area contributed by atoms with Crippen molar-refractivity contribution in [3.05, 3.63) is 29.8 Å². The van der Waals surface area contributed by atoms with Crippen molar-refractivity contribution < 1.29 is 63.3 Å². The maximum Gasteiger partial charge on any atom is 0.460 e. The zero-order valence-corrected chi connectivity index (χ0v) is 14.5. The predicted octanol–water partition coefficient (Wildman–Crippen LogP) is 3.77. The first kappa shape index (κ1) is 25.5. The highest BCUT2D eigenvalue weighted by atomic mass is 19.4. The van der Waals surface area contributed by atoms with Crippen LogP contribution in [0, 0.1) is 0 Å². The number of amides is 1. The van der Waals surface area contributed by atoms with Crippen LogP contribution >= 0.6 is 0 Å². The molecule has 0 aliphatic heterocycles. The number of aliphatic hydroxyl groups is 1. The molecule has 1 rings (SSSR count). The maximum atomic E-state index is 13.3. The van der Waals surface area contributed by atoms with E-state index >= 15 is 0 Å². The summed E-state index contributed by atoms with van der Waals surface area (Å²) in [5.41, 5.74) is -6.35. The van der Waals surface area contributed by atoms with Crippen LogP contribution in [0.15, 0.2) is 24.3 Å². The number of hydrogen-bond acceptors (Lipinski definition) is 4. The van der Waals surface area contributed by atoms with Crippen molar-refractivity contribution in [3.63, 3.8) is 0 Å². The van der Waals surface area contributed by atoms with Crippen LogP contribution < -0.4 is 5.32 Å². The Morgan fingerprint density at radius 3 is 1.73 bits per heavy atom. The maximum absolute atomic E-state index is 13.3. The molecule has 0 radical (unpaired) electrons. The van der Waals surface area contributed by atoms with Crippen LogP contribution in [-0.2, 0) is 19.9 Å². The van der Waals surface area contributed by atoms with Crippen LogP contribution in [0.3, 0.4) is 0 Å². The first-order chi connectivity index (χ1) is 13.3. The minimum absolute atomic E-state index is 0.292. The monoisotopic (exact) mass is 459 g/mol. The Labute approximate surface area is 160 Å². The Bertz CT molecular complexity index is 788. The largest absolute Gasteiger partial charge is 0.463 e. The predicted molar refractivity (Wildman–Crippen MR) is 77.6 cm³/mol. The van der Waals surface area contributed by atoms with Crippen molar-refractivity contribution in [1.82, 2.24) is 0 Å². The van der Waals surface area contributed by atoms with E-state index in [9.17, 15) is 58.6 Å². The molecule has 1 atom stereocenters. The summed E-state index contributed by atoms with van der Waals surface area (Å²) in [6.07, 6.45) is -12.4. The molecular weight excluding hydrogens is 448 g/mol. The van der Waals surface area contributed by atoms with Crippen LogP contribution in [0.2, 0.25) is 0 Å². The molecule has 0 spiro atoms. The van der Waals surface area contributed by atoms with Gasteiger partial charge in [0.05, 0.1) is 6.61 Å². The van der Waals surface area contributed by atoms with Gasteiger partial charge in [-0.05, 0) is 19.1 Å². The lowest BCUT2D eigenvalue weighted by atomic mass is 9.93. The summed E-state index contributed by atoms with van der Waals surface area (Å²) in [4.78, 5) is 22.8. The molecule has 0 unspecified atom stereocenters. The van der Waals surface area contributed by atoms with Gasteiger partial charge in [-0.1, -0.05) is 12.1 Å². The Balaban J connectivity index is 3.21. The van der Waals surface area contributed by atoms with Crippen LogP contribution in [0.5, 0.6) is 0 Å². The Morgan fingerprint density at radius 2 is 1.37 bits per heavy atom. The number of benzene rings is 1. The van der Waals surface area contributed by atoms with E-state index < -0.39 is 59.5 Å². The Morgan fingerprint density at radius 1 is 0.900 bits per heavy atom. The van der Waals surface area contributed by atoms with E-state index in [2.05, 4.69) is 4.74 Å². The Hall–Kier alpha value is -2.58. The number of nitrogens with one attached hydrogen (secondary N) is 1. The lowest BCUT2D eigenvalue weighted by molar-refractivity contribution is -0.343. The van der Waals surface area contributed by atoms with Gasteiger partial charge >= 0.3 is 36.1 Å². The number of halogens is 10. The number of anilines is 1. The average molecular weight is 459 g/mol. The van der Waals surface area contributed by atoms with E-state index in [1.165, 1.54) is 0 Å². The summed E-state index contributed by atoms with van der Waals surface area (Å²) in [5, 5.41) is 10.8. The topological polar surface area (TPSA) is 75.6 Å². The molecule has 0 bridgehead atoms. The number of esters is 1. The molecule has 0 aromatic heterocycles. The SMILES string of the molecule is CCOC(=O)[C@@](O)(c1ccc(NC(=O)C(F)(F)C(F)(F)C(F)(F)F)cc1)C(F)(F)F. The summed E-state index contributed by atoms with van der Waals surface area (Å²) in [6, 6.07) is 1.29. The van der Waals surface area contributed by atoms with Gasteiger partial charge in [-0.15, -0.1) is 0 Å². The van der Waals surface area contributed by atoms with E-state index in [4.69, 9.17) is 0 Å². The third-order valence-corrected chi connectivity index (χ3v) is 3.58. The molecule has 0 saturated heterocycles. The van der Waals surface area contributed by atoms with Gasteiger partial charge in [-0.2, -0.15) is 43.9 Å². The molecule has 5 nitrogen and oxygen atoms in total. The third kappa shape index (κ3) is 4.29. The van der Waals surface area contributed by atoms with Crippen molar-refractivity contribution in [1.29, 1.82) is 0 Å². The zero-order valence-electron chi connectivity index (χ0n) is 14.5. The highest BCUT2D eigenvalue weighted by molar-refractivity contribution is 5.97. The van der Waals surface area contributed by atoms with Gasteiger partial charge < -0.3 is 15.2 Å². The van der Waals surface area contributed by atoms with Gasteiger partial charge in [0.25, 0.3) is 5.60 Å². The first-order valence-electron chi connectivity index (χ1n) is 7.54. The lowest BCUT2D eigenvalue weighted by Gasteiger charge is -2.29. The first-order valence-corrected chi connectivity index (χ1v) is 7.54. The zero-order chi connectivity index (χ0) is 23.8. The number of carbonyl (C=O) groups is 2. The summed E-state index contributed by atoms with van der Waals surface area (Å²) >= 11 is 0. The third-order valence-electron chi connectivity index (χ3n) is 3.58. The Kier molecular flexibility index (Phi) is 6.72. The van der Waals surface area contributed by atoms with E-state index in [0.717, 1.165) is 12.2 Å². The van der Waals surface area contributed by atoms with E-state index in [1.807, 2.05) is 0 Å². The molecule has 0 saturated carbocycles. The van der Waals surface area contributed by atoms with Gasteiger partial charge in [-0.25, -0.2) is 4.79 Å². The molecule has 0 aliphatic rings. The number of ether oxygens (including phenoxy) is 1. The molecule has 30 heavy (non-hydrogen) atoms. The molecule has 0 aliphatic carbocycles. The average Bonchev–Trinajstić information content (AvgIpc) is 2.59. The molecule has 0 fully saturated rings.